The van der Waals surface area contributed by atoms with Gasteiger partial charge in [0.25, 0.3) is 17.6 Å². The topological polar surface area (TPSA) is 147 Å². The smallest absolute Gasteiger partial charge is 0.295 e. The van der Waals surface area contributed by atoms with Gasteiger partial charge < -0.3 is 19.5 Å². The Morgan fingerprint density at radius 1 is 0.886 bits per heavy atom. The Bertz CT molecular complexity index is 1400. The van der Waals surface area contributed by atoms with E-state index < -0.39 is 11.7 Å². The summed E-state index contributed by atoms with van der Waals surface area (Å²) in [6.45, 7) is 1.02. The van der Waals surface area contributed by atoms with Crippen molar-refractivity contribution in [3.63, 3.8) is 0 Å². The normalized spacial score (nSPS) is 13.6. The number of H-pyrrole nitrogens is 1. The number of ketones is 1. The summed E-state index contributed by atoms with van der Waals surface area (Å²) in [5, 5.41) is 0.443. The number of amides is 2. The van der Waals surface area contributed by atoms with Gasteiger partial charge in [-0.2, -0.15) is 0 Å². The molecule has 5 heterocycles. The average Bonchev–Trinajstić information content (AvgIpc) is 3.38. The van der Waals surface area contributed by atoms with E-state index in [2.05, 4.69) is 29.9 Å². The molecule has 12 heteroatoms. The van der Waals surface area contributed by atoms with Crippen LogP contribution >= 0.6 is 0 Å². The van der Waals surface area contributed by atoms with Gasteiger partial charge in [0, 0.05) is 57.2 Å². The van der Waals surface area contributed by atoms with Gasteiger partial charge in [-0.15, -0.1) is 0 Å². The molecule has 12 nitrogen and oxygen atoms in total. The van der Waals surface area contributed by atoms with Crippen molar-refractivity contribution in [2.24, 2.45) is 0 Å². The monoisotopic (exact) mass is 472 g/mol. The van der Waals surface area contributed by atoms with Crippen molar-refractivity contribution >= 4 is 28.5 Å². The van der Waals surface area contributed by atoms with Crippen LogP contribution in [0.3, 0.4) is 0 Å². The number of aromatic nitrogens is 6. The largest absolute Gasteiger partial charge is 0.494 e. The van der Waals surface area contributed by atoms with Gasteiger partial charge in [-0.3, -0.25) is 29.3 Å². The van der Waals surface area contributed by atoms with Gasteiger partial charge in [0.2, 0.25) is 0 Å². The number of rotatable bonds is 5. The molecule has 5 rings (SSSR count). The number of carbonyl (C=O) groups excluding carboxylic acids is 3. The lowest BCUT2D eigenvalue weighted by Crippen LogP contribution is -2.52. The van der Waals surface area contributed by atoms with Crippen molar-refractivity contribution in [3.8, 4) is 17.1 Å². The highest BCUT2D eigenvalue weighted by atomic mass is 16.5. The summed E-state index contributed by atoms with van der Waals surface area (Å²) >= 11 is 0. The zero-order valence-corrected chi connectivity index (χ0v) is 18.7. The molecule has 1 N–H and O–H groups in total. The fourth-order valence-electron chi connectivity index (χ4n) is 4.01. The lowest BCUT2D eigenvalue weighted by Gasteiger charge is -2.34. The van der Waals surface area contributed by atoms with Gasteiger partial charge in [-0.1, -0.05) is 0 Å². The van der Waals surface area contributed by atoms with Crippen LogP contribution in [0, 0.1) is 0 Å². The molecule has 0 aromatic carbocycles. The molecular weight excluding hydrogens is 452 g/mol. The predicted octanol–water partition coefficient (Wildman–Crippen LogP) is 0.986. The second-order valence-electron chi connectivity index (χ2n) is 7.72. The highest BCUT2D eigenvalue weighted by Crippen LogP contribution is 2.34. The van der Waals surface area contributed by atoms with Crippen LogP contribution in [0.1, 0.15) is 20.8 Å². The highest BCUT2D eigenvalue weighted by Gasteiger charge is 2.31. The molecular formula is C23H20N8O4. The number of hydrogen-bond donors (Lipinski definition) is 1. The van der Waals surface area contributed by atoms with E-state index in [0.717, 1.165) is 0 Å². The van der Waals surface area contributed by atoms with Crippen LogP contribution in [0.5, 0.6) is 5.75 Å². The molecule has 0 atom stereocenters. The van der Waals surface area contributed by atoms with Crippen molar-refractivity contribution in [2.45, 2.75) is 0 Å². The Kier molecular flexibility index (Phi) is 5.83. The summed E-state index contributed by atoms with van der Waals surface area (Å²) in [4.78, 5) is 65.7. The SMILES string of the molecule is COc1cnc(-c2cnccn2)c2[nH]cc(C(=O)C(=O)N3CCN(C(=O)c4cnccn4)CC3)c12. The second kappa shape index (κ2) is 9.25. The van der Waals surface area contributed by atoms with E-state index in [0.29, 0.717) is 28.0 Å². The lowest BCUT2D eigenvalue weighted by atomic mass is 10.1. The lowest BCUT2D eigenvalue weighted by molar-refractivity contribution is -0.127. The quantitative estimate of drug-likeness (QED) is 0.332. The minimum atomic E-state index is -0.681. The minimum Gasteiger partial charge on any atom is -0.494 e. The maximum Gasteiger partial charge on any atom is 0.295 e. The number of hydrogen-bond acceptors (Lipinski definition) is 9. The molecule has 1 aliphatic rings. The maximum absolute atomic E-state index is 13.3. The van der Waals surface area contributed by atoms with Gasteiger partial charge in [0.15, 0.2) is 0 Å². The molecule has 0 saturated carbocycles. The molecule has 4 aromatic rings. The van der Waals surface area contributed by atoms with Crippen LogP contribution in [0.2, 0.25) is 0 Å². The van der Waals surface area contributed by atoms with Gasteiger partial charge in [-0.25, -0.2) is 9.97 Å². The predicted molar refractivity (Wildman–Crippen MR) is 123 cm³/mol. The first-order valence-electron chi connectivity index (χ1n) is 10.8. The van der Waals surface area contributed by atoms with Gasteiger partial charge in [-0.05, 0) is 0 Å². The molecule has 1 fully saturated rings. The Labute approximate surface area is 199 Å². The van der Waals surface area contributed by atoms with Crippen LogP contribution in [-0.4, -0.2) is 90.6 Å². The second-order valence-corrected chi connectivity index (χ2v) is 7.72. The number of nitrogens with zero attached hydrogens (tertiary/aromatic N) is 7. The molecule has 4 aromatic heterocycles. The van der Waals surface area contributed by atoms with Crippen LogP contribution in [0.15, 0.2) is 49.6 Å². The minimum absolute atomic E-state index is 0.174. The van der Waals surface area contributed by atoms with Crippen LogP contribution in [0.4, 0.5) is 0 Å². The first-order valence-corrected chi connectivity index (χ1v) is 10.8. The standard InChI is InChI=1S/C23H20N8O4/c1-35-17-13-29-19(15-11-24-2-4-26-15)20-18(17)14(10-28-20)21(32)23(34)31-8-6-30(7-9-31)22(33)16-12-25-3-5-27-16/h2-5,10-13,28H,6-9H2,1H3. The summed E-state index contributed by atoms with van der Waals surface area (Å²) in [6, 6.07) is 0. The van der Waals surface area contributed by atoms with Crippen molar-refractivity contribution in [1.29, 1.82) is 0 Å². The van der Waals surface area contributed by atoms with E-state index in [4.69, 9.17) is 4.74 Å². The van der Waals surface area contributed by atoms with E-state index in [1.165, 1.54) is 43.0 Å². The third-order valence-electron chi connectivity index (χ3n) is 5.78. The third kappa shape index (κ3) is 4.05. The fraction of sp³-hybridized carbons (Fsp3) is 0.217. The zero-order chi connectivity index (χ0) is 24.4. The molecule has 1 saturated heterocycles. The van der Waals surface area contributed by atoms with Crippen molar-refractivity contribution < 1.29 is 19.1 Å². The first kappa shape index (κ1) is 22.1. The van der Waals surface area contributed by atoms with E-state index in [1.54, 1.807) is 23.5 Å². The number of carbonyl (C=O) groups is 3. The Morgan fingerprint density at radius 2 is 1.60 bits per heavy atom. The Balaban J connectivity index is 1.37. The molecule has 1 aliphatic heterocycles. The van der Waals surface area contributed by atoms with Crippen molar-refractivity contribution in [3.05, 3.63) is 60.8 Å². The summed E-state index contributed by atoms with van der Waals surface area (Å²) in [7, 11) is 1.47. The highest BCUT2D eigenvalue weighted by molar-refractivity contribution is 6.45. The van der Waals surface area contributed by atoms with Gasteiger partial charge in [0.05, 0.1) is 42.2 Å². The van der Waals surface area contributed by atoms with E-state index in [-0.39, 0.29) is 43.3 Å². The number of pyridine rings is 1. The van der Waals surface area contributed by atoms with Gasteiger partial charge in [0.1, 0.15) is 22.8 Å². The maximum atomic E-state index is 13.3. The average molecular weight is 472 g/mol. The Hall–Kier alpha value is -4.74. The number of methoxy groups -OCH3 is 1. The summed E-state index contributed by atoms with van der Waals surface area (Å²) < 4.78 is 5.42. The van der Waals surface area contributed by atoms with Crippen molar-refractivity contribution in [2.75, 3.05) is 33.3 Å². The number of aromatic amines is 1. The van der Waals surface area contributed by atoms with E-state index >= 15 is 0 Å². The Morgan fingerprint density at radius 3 is 2.26 bits per heavy atom. The molecule has 0 aliphatic carbocycles. The van der Waals surface area contributed by atoms with E-state index in [1.807, 2.05) is 0 Å². The molecule has 0 spiro atoms. The summed E-state index contributed by atoms with van der Waals surface area (Å²) in [6.07, 6.45) is 12.0. The first-order chi connectivity index (χ1) is 17.1. The molecule has 35 heavy (non-hydrogen) atoms. The molecule has 0 bridgehead atoms. The molecule has 2 amide bonds. The summed E-state index contributed by atoms with van der Waals surface area (Å²) in [5.74, 6) is -1.25. The zero-order valence-electron chi connectivity index (χ0n) is 18.7. The fourth-order valence-corrected chi connectivity index (χ4v) is 4.01. The number of ether oxygens (including phenoxy) is 1. The van der Waals surface area contributed by atoms with Crippen LogP contribution < -0.4 is 4.74 Å². The van der Waals surface area contributed by atoms with Gasteiger partial charge >= 0.3 is 0 Å². The number of fused-ring (bicyclic) bond motifs is 1. The van der Waals surface area contributed by atoms with E-state index in [9.17, 15) is 14.4 Å². The molecule has 0 unspecified atom stereocenters. The molecule has 176 valence electrons. The van der Waals surface area contributed by atoms with Crippen LogP contribution in [-0.2, 0) is 4.79 Å². The van der Waals surface area contributed by atoms with Crippen molar-refractivity contribution in [1.82, 2.24) is 39.7 Å². The summed E-state index contributed by atoms with van der Waals surface area (Å²) in [5.41, 5.74) is 1.92. The number of nitrogens with one attached hydrogen (secondary N) is 1. The number of piperazine rings is 1. The molecule has 0 radical (unpaired) electrons. The van der Waals surface area contributed by atoms with Crippen LogP contribution in [0.25, 0.3) is 22.3 Å². The number of Topliss-reactive ketones (excluding diaryl/α,β-unsaturated/α-hetero) is 1. The third-order valence-corrected chi connectivity index (χ3v) is 5.78.